The molecule has 0 saturated heterocycles. The number of allylic oxidation sites excluding steroid dienone is 2. The summed E-state index contributed by atoms with van der Waals surface area (Å²) in [6.07, 6.45) is 6.42. The van der Waals surface area contributed by atoms with Crippen molar-refractivity contribution >= 4 is 5.57 Å². The van der Waals surface area contributed by atoms with Crippen LogP contribution in [0, 0.1) is 0 Å². The Balaban J connectivity index is 1.64. The first-order chi connectivity index (χ1) is 13.6. The van der Waals surface area contributed by atoms with E-state index in [9.17, 15) is 9.59 Å². The highest BCUT2D eigenvalue weighted by Crippen LogP contribution is 2.34. The van der Waals surface area contributed by atoms with Crippen LogP contribution in [0.2, 0.25) is 0 Å². The summed E-state index contributed by atoms with van der Waals surface area (Å²) in [5, 5.41) is 0. The van der Waals surface area contributed by atoms with Gasteiger partial charge in [-0.3, -0.25) is 0 Å². The van der Waals surface area contributed by atoms with Crippen molar-refractivity contribution in [2.45, 2.75) is 25.2 Å². The molecule has 1 aliphatic rings. The highest BCUT2D eigenvalue weighted by Gasteiger charge is 2.34. The van der Waals surface area contributed by atoms with Gasteiger partial charge in [-0.1, -0.05) is 78.9 Å². The van der Waals surface area contributed by atoms with Crippen molar-refractivity contribution in [3.63, 3.8) is 0 Å². The van der Waals surface area contributed by atoms with E-state index < -0.39 is 17.0 Å². The lowest BCUT2D eigenvalue weighted by Crippen LogP contribution is -2.39. The highest BCUT2D eigenvalue weighted by atomic mass is 16.5. The molecular weight excluding hydrogens is 356 g/mol. The van der Waals surface area contributed by atoms with Gasteiger partial charge in [-0.15, -0.1) is 4.74 Å². The number of H-pyrrole nitrogens is 1. The topological polar surface area (TPSA) is 77.2 Å². The lowest BCUT2D eigenvalue weighted by molar-refractivity contribution is -0.0439. The number of benzene rings is 2. The number of nitrogens with one attached hydrogen (secondary N) is 1. The van der Waals surface area contributed by atoms with Crippen LogP contribution in [0.4, 0.5) is 0 Å². The number of hydrogen-bond donors (Lipinski definition) is 1. The number of aromatic nitrogens is 2. The molecule has 1 N–H and O–H groups in total. The summed E-state index contributed by atoms with van der Waals surface area (Å²) in [6, 6.07) is 19.8. The first-order valence-corrected chi connectivity index (χ1v) is 9.06. The van der Waals surface area contributed by atoms with E-state index in [0.717, 1.165) is 21.4 Å². The van der Waals surface area contributed by atoms with Gasteiger partial charge in [0.1, 0.15) is 5.60 Å². The fraction of sp³-hybridized carbons (Fsp3) is 0.182. The van der Waals surface area contributed by atoms with Crippen molar-refractivity contribution in [3.05, 3.63) is 111 Å². The van der Waals surface area contributed by atoms with Crippen LogP contribution in [-0.4, -0.2) is 15.3 Å². The third-order valence-corrected chi connectivity index (χ3v) is 4.74. The summed E-state index contributed by atoms with van der Waals surface area (Å²) >= 11 is 0. The Morgan fingerprint density at radius 2 is 1.75 bits per heavy atom. The molecule has 4 rings (SSSR count). The third-order valence-electron chi connectivity index (χ3n) is 4.74. The molecule has 2 aromatic carbocycles. The summed E-state index contributed by atoms with van der Waals surface area (Å²) in [5.74, 6) is -0.776. The molecule has 0 aliphatic heterocycles. The van der Waals surface area contributed by atoms with Gasteiger partial charge in [-0.25, -0.2) is 14.6 Å². The van der Waals surface area contributed by atoms with Crippen molar-refractivity contribution in [1.29, 1.82) is 0 Å². The molecule has 142 valence electrons. The Bertz CT molecular complexity index is 1110. The van der Waals surface area contributed by atoms with E-state index in [0.29, 0.717) is 13.0 Å². The Kier molecular flexibility index (Phi) is 4.95. The summed E-state index contributed by atoms with van der Waals surface area (Å²) in [7, 11) is 0. The lowest BCUT2D eigenvalue weighted by Gasteiger charge is -2.33. The van der Waals surface area contributed by atoms with Crippen molar-refractivity contribution < 1.29 is 9.26 Å². The largest absolute Gasteiger partial charge is 0.440 e. The third kappa shape index (κ3) is 3.97. The molecule has 6 nitrogen and oxygen atoms in total. The second-order valence-corrected chi connectivity index (χ2v) is 6.78. The first-order valence-electron chi connectivity index (χ1n) is 9.06. The van der Waals surface area contributed by atoms with E-state index in [4.69, 9.17) is 9.26 Å². The predicted molar refractivity (Wildman–Crippen MR) is 106 cm³/mol. The fourth-order valence-electron chi connectivity index (χ4n) is 3.35. The molecule has 1 unspecified atom stereocenters. The summed E-state index contributed by atoms with van der Waals surface area (Å²) in [4.78, 5) is 25.5. The standard InChI is InChI=1S/C22H20N2O4/c25-20-23-21(26)28-24(20)16-22(27-15-17-8-3-1-4-9-17)13-7-12-19(14-22)18-10-5-2-6-11-18/h1-13H,14-16H2,(H,23,25,26). The second kappa shape index (κ2) is 7.70. The minimum Gasteiger partial charge on any atom is -0.364 e. The molecule has 0 radical (unpaired) electrons. The predicted octanol–water partition coefficient (Wildman–Crippen LogP) is 3.13. The molecule has 1 aliphatic carbocycles. The van der Waals surface area contributed by atoms with Crippen LogP contribution in [0.25, 0.3) is 5.57 Å². The van der Waals surface area contributed by atoms with E-state index in [-0.39, 0.29) is 6.54 Å². The number of rotatable bonds is 6. The van der Waals surface area contributed by atoms with Gasteiger partial charge in [-0.05, 0) is 16.7 Å². The zero-order chi connectivity index (χ0) is 19.4. The molecular formula is C22H20N2O4. The van der Waals surface area contributed by atoms with Crippen molar-refractivity contribution in [2.24, 2.45) is 0 Å². The van der Waals surface area contributed by atoms with Crippen LogP contribution < -0.4 is 11.4 Å². The molecule has 0 spiro atoms. The van der Waals surface area contributed by atoms with E-state index in [2.05, 4.69) is 4.98 Å². The van der Waals surface area contributed by atoms with Gasteiger partial charge in [-0.2, -0.15) is 0 Å². The zero-order valence-corrected chi connectivity index (χ0v) is 15.2. The minimum atomic E-state index is -0.822. The molecule has 1 heterocycles. The van der Waals surface area contributed by atoms with Gasteiger partial charge < -0.3 is 9.26 Å². The maximum atomic E-state index is 12.0. The summed E-state index contributed by atoms with van der Waals surface area (Å²) in [6.45, 7) is 0.467. The Hall–Kier alpha value is -3.38. The maximum Gasteiger partial charge on any atom is 0.440 e. The van der Waals surface area contributed by atoms with E-state index in [1.165, 1.54) is 0 Å². The van der Waals surface area contributed by atoms with Crippen LogP contribution >= 0.6 is 0 Å². The molecule has 28 heavy (non-hydrogen) atoms. The molecule has 0 bridgehead atoms. The normalized spacial score (nSPS) is 18.8. The molecule has 3 aromatic rings. The van der Waals surface area contributed by atoms with Crippen LogP contribution in [0.5, 0.6) is 0 Å². The second-order valence-electron chi connectivity index (χ2n) is 6.78. The molecule has 6 heteroatoms. The van der Waals surface area contributed by atoms with Crippen molar-refractivity contribution in [1.82, 2.24) is 9.72 Å². The average Bonchev–Trinajstić information content (AvgIpc) is 3.04. The van der Waals surface area contributed by atoms with Crippen molar-refractivity contribution in [3.8, 4) is 0 Å². The SMILES string of the molecule is O=c1[nH]c(=O)n(CC2(OCc3ccccc3)C=CC=C(c3ccccc3)C2)o1. The fourth-order valence-corrected chi connectivity index (χ4v) is 3.35. The number of ether oxygens (including phenoxy) is 1. The molecule has 1 atom stereocenters. The van der Waals surface area contributed by atoms with Gasteiger partial charge in [0.2, 0.25) is 0 Å². The Morgan fingerprint density at radius 1 is 1.04 bits per heavy atom. The highest BCUT2D eigenvalue weighted by molar-refractivity contribution is 5.69. The lowest BCUT2D eigenvalue weighted by atomic mass is 9.86. The van der Waals surface area contributed by atoms with Gasteiger partial charge >= 0.3 is 11.4 Å². The summed E-state index contributed by atoms with van der Waals surface area (Å²) < 4.78 is 12.3. The molecule has 1 aromatic heterocycles. The monoisotopic (exact) mass is 376 g/mol. The average molecular weight is 376 g/mol. The van der Waals surface area contributed by atoms with Crippen LogP contribution in [0.1, 0.15) is 17.5 Å². The van der Waals surface area contributed by atoms with Gasteiger partial charge in [0.15, 0.2) is 0 Å². The quantitative estimate of drug-likeness (QED) is 0.717. The van der Waals surface area contributed by atoms with Gasteiger partial charge in [0.05, 0.1) is 13.2 Å². The Labute approximate surface area is 161 Å². The van der Waals surface area contributed by atoms with Gasteiger partial charge in [0.25, 0.3) is 0 Å². The van der Waals surface area contributed by atoms with E-state index >= 15 is 0 Å². The zero-order valence-electron chi connectivity index (χ0n) is 15.2. The van der Waals surface area contributed by atoms with Crippen LogP contribution in [0.3, 0.4) is 0 Å². The van der Waals surface area contributed by atoms with E-state index in [1.807, 2.05) is 78.9 Å². The van der Waals surface area contributed by atoms with Crippen molar-refractivity contribution in [2.75, 3.05) is 0 Å². The number of nitrogens with zero attached hydrogens (tertiary/aromatic N) is 1. The van der Waals surface area contributed by atoms with Crippen LogP contribution in [-0.2, 0) is 17.9 Å². The number of hydrogen-bond acceptors (Lipinski definition) is 4. The smallest absolute Gasteiger partial charge is 0.364 e. The number of aromatic amines is 1. The first kappa shape index (κ1) is 18.0. The molecule has 0 fully saturated rings. The minimum absolute atomic E-state index is 0.0953. The van der Waals surface area contributed by atoms with Gasteiger partial charge in [0, 0.05) is 6.42 Å². The van der Waals surface area contributed by atoms with E-state index in [1.54, 1.807) is 0 Å². The Morgan fingerprint density at radius 3 is 2.43 bits per heavy atom. The summed E-state index contributed by atoms with van der Waals surface area (Å²) in [5.41, 5.74) is 1.79. The van der Waals surface area contributed by atoms with Crippen LogP contribution in [0.15, 0.2) is 93.0 Å². The maximum absolute atomic E-state index is 12.0. The molecule has 0 amide bonds. The molecule has 0 saturated carbocycles.